The number of hydrogen-bond donors (Lipinski definition) is 5. The molecule has 0 heterocycles. The molecule has 0 saturated heterocycles. The molecule has 0 aromatic heterocycles. The Bertz CT molecular complexity index is 959. The summed E-state index contributed by atoms with van der Waals surface area (Å²) < 4.78 is 5.10. The number of methoxy groups -OCH3 is 1. The van der Waals surface area contributed by atoms with E-state index in [2.05, 4.69) is 15.6 Å². The first-order chi connectivity index (χ1) is 15.8. The quantitative estimate of drug-likeness (QED) is 0.172. The van der Waals surface area contributed by atoms with Gasteiger partial charge in [-0.3, -0.25) is 19.4 Å². The van der Waals surface area contributed by atoms with Crippen molar-refractivity contribution in [2.75, 3.05) is 13.7 Å². The summed E-state index contributed by atoms with van der Waals surface area (Å²) in [6.07, 6.45) is 0.912. The smallest absolute Gasteiger partial charge is 0.251 e. The second kappa shape index (κ2) is 12.7. The number of amides is 3. The molecular weight excluding hydrogens is 424 g/mol. The monoisotopic (exact) mass is 454 g/mol. The number of nitrogens with two attached hydrogens (primary N) is 3. The number of hydrogen-bond acceptors (Lipinski definition) is 5. The minimum Gasteiger partial charge on any atom is -0.497 e. The van der Waals surface area contributed by atoms with Gasteiger partial charge in [0.2, 0.25) is 11.8 Å². The Labute approximate surface area is 192 Å². The summed E-state index contributed by atoms with van der Waals surface area (Å²) in [6, 6.07) is 13.8. The Kier molecular flexibility index (Phi) is 9.69. The second-order valence-corrected chi connectivity index (χ2v) is 7.36. The highest BCUT2D eigenvalue weighted by molar-refractivity contribution is 5.98. The van der Waals surface area contributed by atoms with Gasteiger partial charge in [0.1, 0.15) is 17.8 Å². The highest BCUT2D eigenvalue weighted by atomic mass is 16.5. The summed E-state index contributed by atoms with van der Waals surface area (Å²) in [5, 5.41) is 5.37. The molecule has 2 rings (SSSR count). The van der Waals surface area contributed by atoms with E-state index < -0.39 is 29.8 Å². The number of primary amides is 1. The van der Waals surface area contributed by atoms with Gasteiger partial charge in [-0.05, 0) is 42.7 Å². The summed E-state index contributed by atoms with van der Waals surface area (Å²) in [4.78, 5) is 41.6. The van der Waals surface area contributed by atoms with Crippen molar-refractivity contribution in [3.05, 3.63) is 65.7 Å². The predicted octanol–water partition coefficient (Wildman–Crippen LogP) is 0.0600. The van der Waals surface area contributed by atoms with E-state index >= 15 is 0 Å². The van der Waals surface area contributed by atoms with Gasteiger partial charge in [-0.15, -0.1) is 0 Å². The number of guanidine groups is 1. The van der Waals surface area contributed by atoms with Crippen molar-refractivity contribution in [1.82, 2.24) is 10.6 Å². The van der Waals surface area contributed by atoms with Crippen molar-refractivity contribution < 1.29 is 19.1 Å². The summed E-state index contributed by atoms with van der Waals surface area (Å²) >= 11 is 0. The van der Waals surface area contributed by atoms with Crippen LogP contribution in [0.1, 0.15) is 28.8 Å². The zero-order chi connectivity index (χ0) is 24.2. The Morgan fingerprint density at radius 3 is 2.18 bits per heavy atom. The van der Waals surface area contributed by atoms with Crippen molar-refractivity contribution in [2.45, 2.75) is 31.3 Å². The van der Waals surface area contributed by atoms with Crippen molar-refractivity contribution in [3.8, 4) is 5.75 Å². The van der Waals surface area contributed by atoms with Crippen LogP contribution in [-0.4, -0.2) is 49.4 Å². The summed E-state index contributed by atoms with van der Waals surface area (Å²) in [7, 11) is 1.52. The molecular formula is C23H30N6O4. The van der Waals surface area contributed by atoms with Crippen LogP contribution in [0.2, 0.25) is 0 Å². The minimum absolute atomic E-state index is 0.0603. The maximum absolute atomic E-state index is 13.0. The average Bonchev–Trinajstić information content (AvgIpc) is 2.80. The van der Waals surface area contributed by atoms with E-state index in [9.17, 15) is 14.4 Å². The molecule has 8 N–H and O–H groups in total. The molecule has 0 fully saturated rings. The third-order valence-electron chi connectivity index (χ3n) is 4.86. The molecule has 3 amide bonds. The highest BCUT2D eigenvalue weighted by Crippen LogP contribution is 2.12. The molecule has 10 nitrogen and oxygen atoms in total. The second-order valence-electron chi connectivity index (χ2n) is 7.36. The Hall–Kier alpha value is -4.08. The molecule has 0 aliphatic rings. The molecule has 0 aliphatic carbocycles. The van der Waals surface area contributed by atoms with Gasteiger partial charge in [0.05, 0.1) is 7.11 Å². The Balaban J connectivity index is 2.12. The number of ether oxygens (including phenoxy) is 1. The molecule has 2 aromatic carbocycles. The maximum atomic E-state index is 13.0. The summed E-state index contributed by atoms with van der Waals surface area (Å²) in [5.41, 5.74) is 17.4. The van der Waals surface area contributed by atoms with Gasteiger partial charge in [0.15, 0.2) is 5.96 Å². The van der Waals surface area contributed by atoms with Crippen LogP contribution >= 0.6 is 0 Å². The number of carbonyl (C=O) groups excluding carboxylic acids is 3. The van der Waals surface area contributed by atoms with Crippen LogP contribution in [0, 0.1) is 0 Å². The highest BCUT2D eigenvalue weighted by Gasteiger charge is 2.26. The van der Waals surface area contributed by atoms with E-state index in [1.54, 1.807) is 24.3 Å². The molecule has 10 heteroatoms. The standard InChI is InChI=1S/C23H30N6O4/c1-33-17-11-9-16(10-12-17)21(31)28-18(8-5-13-27-23(25)26)22(32)29-19(20(24)30)14-15-6-3-2-4-7-15/h2-4,6-7,9-12,18-19H,5,8,13-14H2,1H3,(H2,24,30)(H,28,31)(H,29,32)(H4,25,26,27)/t18-,19-/m0/s1. The first-order valence-corrected chi connectivity index (χ1v) is 10.4. The lowest BCUT2D eigenvalue weighted by Gasteiger charge is -2.22. The third kappa shape index (κ3) is 8.52. The van der Waals surface area contributed by atoms with Gasteiger partial charge in [0, 0.05) is 18.5 Å². The molecule has 2 aromatic rings. The summed E-state index contributed by atoms with van der Waals surface area (Å²) in [6.45, 7) is 0.285. The average molecular weight is 455 g/mol. The van der Waals surface area contributed by atoms with E-state index in [1.165, 1.54) is 7.11 Å². The van der Waals surface area contributed by atoms with Crippen LogP contribution in [-0.2, 0) is 16.0 Å². The van der Waals surface area contributed by atoms with E-state index in [-0.39, 0.29) is 25.3 Å². The van der Waals surface area contributed by atoms with E-state index in [0.717, 1.165) is 5.56 Å². The van der Waals surface area contributed by atoms with E-state index in [0.29, 0.717) is 17.7 Å². The molecule has 176 valence electrons. The van der Waals surface area contributed by atoms with Gasteiger partial charge >= 0.3 is 0 Å². The normalized spacial score (nSPS) is 12.2. The van der Waals surface area contributed by atoms with Crippen molar-refractivity contribution in [1.29, 1.82) is 0 Å². The van der Waals surface area contributed by atoms with Gasteiger partial charge < -0.3 is 32.6 Å². The van der Waals surface area contributed by atoms with Gasteiger partial charge in [0.25, 0.3) is 5.91 Å². The first-order valence-electron chi connectivity index (χ1n) is 10.4. The predicted molar refractivity (Wildman–Crippen MR) is 125 cm³/mol. The maximum Gasteiger partial charge on any atom is 0.251 e. The van der Waals surface area contributed by atoms with E-state index in [4.69, 9.17) is 21.9 Å². The molecule has 0 radical (unpaired) electrons. The molecule has 0 bridgehead atoms. The topological polar surface area (TPSA) is 175 Å². The van der Waals surface area contributed by atoms with Gasteiger partial charge in [-0.25, -0.2) is 0 Å². The lowest BCUT2D eigenvalue weighted by atomic mass is 10.0. The van der Waals surface area contributed by atoms with Crippen molar-refractivity contribution in [3.63, 3.8) is 0 Å². The first kappa shape index (κ1) is 25.2. The third-order valence-corrected chi connectivity index (χ3v) is 4.86. The Morgan fingerprint density at radius 1 is 0.939 bits per heavy atom. The zero-order valence-corrected chi connectivity index (χ0v) is 18.5. The molecule has 0 spiro atoms. The fourth-order valence-corrected chi connectivity index (χ4v) is 3.10. The van der Waals surface area contributed by atoms with Gasteiger partial charge in [-0.2, -0.15) is 0 Å². The zero-order valence-electron chi connectivity index (χ0n) is 18.5. The van der Waals surface area contributed by atoms with Crippen LogP contribution in [0.3, 0.4) is 0 Å². The number of nitrogens with one attached hydrogen (secondary N) is 2. The number of aliphatic imine (C=N–C) groups is 1. The molecule has 2 atom stereocenters. The summed E-state index contributed by atoms with van der Waals surface area (Å²) in [5.74, 6) is -1.11. The van der Waals surface area contributed by atoms with Crippen molar-refractivity contribution in [2.24, 2.45) is 22.2 Å². The number of nitrogens with zero attached hydrogens (tertiary/aromatic N) is 1. The molecule has 33 heavy (non-hydrogen) atoms. The van der Waals surface area contributed by atoms with Gasteiger partial charge in [-0.1, -0.05) is 30.3 Å². The lowest BCUT2D eigenvalue weighted by molar-refractivity contribution is -0.128. The van der Waals surface area contributed by atoms with Crippen molar-refractivity contribution >= 4 is 23.7 Å². The van der Waals surface area contributed by atoms with Crippen LogP contribution < -0.4 is 32.6 Å². The fraction of sp³-hybridized carbons (Fsp3) is 0.304. The van der Waals surface area contributed by atoms with Crippen LogP contribution in [0.15, 0.2) is 59.6 Å². The number of rotatable bonds is 12. The lowest BCUT2D eigenvalue weighted by Crippen LogP contribution is -2.53. The molecule has 0 unspecified atom stereocenters. The minimum atomic E-state index is -0.932. The van der Waals surface area contributed by atoms with Crippen LogP contribution in [0.25, 0.3) is 0 Å². The van der Waals surface area contributed by atoms with E-state index in [1.807, 2.05) is 30.3 Å². The Morgan fingerprint density at radius 2 is 1.61 bits per heavy atom. The molecule has 0 saturated carbocycles. The largest absolute Gasteiger partial charge is 0.497 e. The molecule has 0 aliphatic heterocycles. The SMILES string of the molecule is COc1ccc(C(=O)N[C@@H](CCCN=C(N)N)C(=O)N[C@@H](Cc2ccccc2)C(N)=O)cc1. The van der Waals surface area contributed by atoms with Crippen LogP contribution in [0.5, 0.6) is 5.75 Å². The fourth-order valence-electron chi connectivity index (χ4n) is 3.10. The number of benzene rings is 2. The number of carbonyl (C=O) groups is 3. The van der Waals surface area contributed by atoms with Crippen LogP contribution in [0.4, 0.5) is 0 Å².